The molecule has 90 valence electrons. The SMILES string of the molecule is N#CCCNC(=O)CNc1c(F)cccc1Cl. The van der Waals surface area contributed by atoms with Gasteiger partial charge in [-0.05, 0) is 12.1 Å². The van der Waals surface area contributed by atoms with Crippen LogP contribution in [0.5, 0.6) is 0 Å². The van der Waals surface area contributed by atoms with Gasteiger partial charge in [0, 0.05) is 6.54 Å². The highest BCUT2D eigenvalue weighted by molar-refractivity contribution is 6.33. The Labute approximate surface area is 103 Å². The molecular weight excluding hydrogens is 245 g/mol. The van der Waals surface area contributed by atoms with Crippen molar-refractivity contribution in [3.8, 4) is 6.07 Å². The average Bonchev–Trinajstić information content (AvgIpc) is 2.29. The Hall–Kier alpha value is -1.80. The summed E-state index contributed by atoms with van der Waals surface area (Å²) in [6.07, 6.45) is 0.242. The van der Waals surface area contributed by atoms with E-state index in [4.69, 9.17) is 16.9 Å². The topological polar surface area (TPSA) is 64.9 Å². The molecule has 0 spiro atoms. The normalized spacial score (nSPS) is 9.47. The minimum Gasteiger partial charge on any atom is -0.373 e. The van der Waals surface area contributed by atoms with E-state index in [9.17, 15) is 9.18 Å². The number of nitriles is 1. The van der Waals surface area contributed by atoms with E-state index in [0.717, 1.165) is 0 Å². The first-order chi connectivity index (χ1) is 8.15. The van der Waals surface area contributed by atoms with E-state index in [1.165, 1.54) is 18.2 Å². The van der Waals surface area contributed by atoms with E-state index in [1.54, 1.807) is 0 Å². The maximum absolute atomic E-state index is 13.3. The Morgan fingerprint density at radius 1 is 1.53 bits per heavy atom. The van der Waals surface area contributed by atoms with Gasteiger partial charge in [0.25, 0.3) is 0 Å². The summed E-state index contributed by atoms with van der Waals surface area (Å²) in [6, 6.07) is 6.16. The van der Waals surface area contributed by atoms with E-state index in [1.807, 2.05) is 6.07 Å². The summed E-state index contributed by atoms with van der Waals surface area (Å²) in [5.74, 6) is -0.832. The lowest BCUT2D eigenvalue weighted by atomic mass is 10.3. The van der Waals surface area contributed by atoms with Crippen molar-refractivity contribution in [2.45, 2.75) is 6.42 Å². The van der Waals surface area contributed by atoms with Crippen molar-refractivity contribution >= 4 is 23.2 Å². The van der Waals surface area contributed by atoms with Crippen molar-refractivity contribution in [2.75, 3.05) is 18.4 Å². The summed E-state index contributed by atoms with van der Waals surface area (Å²) >= 11 is 5.76. The van der Waals surface area contributed by atoms with Gasteiger partial charge in [-0.2, -0.15) is 5.26 Å². The Morgan fingerprint density at radius 3 is 2.94 bits per heavy atom. The fraction of sp³-hybridized carbons (Fsp3) is 0.273. The molecule has 0 heterocycles. The zero-order valence-electron chi connectivity index (χ0n) is 8.96. The second-order valence-corrected chi connectivity index (χ2v) is 3.62. The Kier molecular flexibility index (Phi) is 5.24. The first-order valence-corrected chi connectivity index (χ1v) is 5.34. The molecular formula is C11H11ClFN3O. The van der Waals surface area contributed by atoms with Crippen LogP contribution < -0.4 is 10.6 Å². The molecule has 1 rings (SSSR count). The highest BCUT2D eigenvalue weighted by atomic mass is 35.5. The summed E-state index contributed by atoms with van der Waals surface area (Å²) < 4.78 is 13.3. The summed E-state index contributed by atoms with van der Waals surface area (Å²) in [5.41, 5.74) is 0.101. The number of hydrogen-bond donors (Lipinski definition) is 2. The molecule has 0 aliphatic rings. The molecule has 4 nitrogen and oxygen atoms in total. The molecule has 1 aromatic rings. The second kappa shape index (κ2) is 6.71. The van der Waals surface area contributed by atoms with Gasteiger partial charge in [-0.15, -0.1) is 0 Å². The van der Waals surface area contributed by atoms with Gasteiger partial charge in [0.1, 0.15) is 5.82 Å². The molecule has 6 heteroatoms. The van der Waals surface area contributed by atoms with Crippen LogP contribution in [-0.2, 0) is 4.79 Å². The van der Waals surface area contributed by atoms with E-state index >= 15 is 0 Å². The third-order valence-electron chi connectivity index (χ3n) is 1.95. The lowest BCUT2D eigenvalue weighted by Gasteiger charge is -2.09. The monoisotopic (exact) mass is 255 g/mol. The van der Waals surface area contributed by atoms with Gasteiger partial charge in [-0.1, -0.05) is 17.7 Å². The van der Waals surface area contributed by atoms with Crippen molar-refractivity contribution < 1.29 is 9.18 Å². The van der Waals surface area contributed by atoms with Crippen molar-refractivity contribution in [1.29, 1.82) is 5.26 Å². The predicted molar refractivity (Wildman–Crippen MR) is 63.1 cm³/mol. The molecule has 0 aliphatic carbocycles. The Bertz CT molecular complexity index is 425. The smallest absolute Gasteiger partial charge is 0.239 e. The van der Waals surface area contributed by atoms with Crippen LogP contribution in [0.4, 0.5) is 10.1 Å². The quantitative estimate of drug-likeness (QED) is 0.790. The van der Waals surface area contributed by atoms with Gasteiger partial charge < -0.3 is 10.6 Å². The van der Waals surface area contributed by atoms with E-state index in [2.05, 4.69) is 10.6 Å². The number of benzene rings is 1. The molecule has 0 bridgehead atoms. The molecule has 1 aromatic carbocycles. The maximum atomic E-state index is 13.3. The molecule has 0 aliphatic heterocycles. The number of halogens is 2. The highest BCUT2D eigenvalue weighted by Crippen LogP contribution is 2.23. The molecule has 2 N–H and O–H groups in total. The van der Waals surface area contributed by atoms with Gasteiger partial charge in [0.15, 0.2) is 0 Å². The van der Waals surface area contributed by atoms with E-state index < -0.39 is 5.82 Å². The zero-order valence-corrected chi connectivity index (χ0v) is 9.72. The van der Waals surface area contributed by atoms with Crippen LogP contribution in [-0.4, -0.2) is 19.0 Å². The first-order valence-electron chi connectivity index (χ1n) is 4.96. The van der Waals surface area contributed by atoms with Crippen molar-refractivity contribution in [3.05, 3.63) is 29.0 Å². The van der Waals surface area contributed by atoms with Crippen molar-refractivity contribution in [2.24, 2.45) is 0 Å². The molecule has 17 heavy (non-hydrogen) atoms. The first kappa shape index (κ1) is 13.3. The maximum Gasteiger partial charge on any atom is 0.239 e. The molecule has 0 fully saturated rings. The fourth-order valence-corrected chi connectivity index (χ4v) is 1.39. The lowest BCUT2D eigenvalue weighted by Crippen LogP contribution is -2.30. The third kappa shape index (κ3) is 4.29. The van der Waals surface area contributed by atoms with Crippen LogP contribution >= 0.6 is 11.6 Å². The minimum absolute atomic E-state index is 0.0912. The van der Waals surface area contributed by atoms with E-state index in [-0.39, 0.29) is 36.1 Å². The lowest BCUT2D eigenvalue weighted by molar-refractivity contribution is -0.119. The largest absolute Gasteiger partial charge is 0.373 e. The van der Waals surface area contributed by atoms with Gasteiger partial charge >= 0.3 is 0 Å². The van der Waals surface area contributed by atoms with Crippen LogP contribution in [0.15, 0.2) is 18.2 Å². The van der Waals surface area contributed by atoms with Gasteiger partial charge in [-0.25, -0.2) is 4.39 Å². The number of carbonyl (C=O) groups is 1. The number of rotatable bonds is 5. The predicted octanol–water partition coefficient (Wildman–Crippen LogP) is 1.92. The number of carbonyl (C=O) groups excluding carboxylic acids is 1. The standard InChI is InChI=1S/C11H11ClFN3O/c12-8-3-1-4-9(13)11(8)16-7-10(17)15-6-2-5-14/h1,3-4,16H,2,6-7H2,(H,15,17). The van der Waals surface area contributed by atoms with Crippen LogP contribution in [0.3, 0.4) is 0 Å². The summed E-state index contributed by atoms with van der Waals surface area (Å²) in [7, 11) is 0. The average molecular weight is 256 g/mol. The molecule has 0 saturated heterocycles. The van der Waals surface area contributed by atoms with E-state index in [0.29, 0.717) is 0 Å². The van der Waals surface area contributed by atoms with Crippen LogP contribution in [0.1, 0.15) is 6.42 Å². The number of amides is 1. The summed E-state index contributed by atoms with van der Waals surface area (Å²) in [6.45, 7) is 0.189. The molecule has 0 unspecified atom stereocenters. The number of para-hydroxylation sites is 1. The van der Waals surface area contributed by atoms with Gasteiger partial charge in [0.05, 0.1) is 29.7 Å². The van der Waals surface area contributed by atoms with Crippen molar-refractivity contribution in [1.82, 2.24) is 5.32 Å². The molecule has 0 saturated carbocycles. The number of hydrogen-bond acceptors (Lipinski definition) is 3. The molecule has 0 atom stereocenters. The molecule has 1 amide bonds. The molecule has 0 aromatic heterocycles. The summed E-state index contributed by atoms with van der Waals surface area (Å²) in [5, 5.41) is 13.6. The fourth-order valence-electron chi connectivity index (χ4n) is 1.16. The zero-order chi connectivity index (χ0) is 12.7. The van der Waals surface area contributed by atoms with Crippen molar-refractivity contribution in [3.63, 3.8) is 0 Å². The third-order valence-corrected chi connectivity index (χ3v) is 2.26. The Balaban J connectivity index is 2.45. The number of anilines is 1. The van der Waals surface area contributed by atoms with Crippen LogP contribution in [0.25, 0.3) is 0 Å². The van der Waals surface area contributed by atoms with Crippen LogP contribution in [0, 0.1) is 17.1 Å². The van der Waals surface area contributed by atoms with Crippen LogP contribution in [0.2, 0.25) is 5.02 Å². The number of nitrogens with one attached hydrogen (secondary N) is 2. The summed E-state index contributed by atoms with van der Waals surface area (Å²) in [4.78, 5) is 11.3. The highest BCUT2D eigenvalue weighted by Gasteiger charge is 2.07. The van der Waals surface area contributed by atoms with Gasteiger partial charge in [-0.3, -0.25) is 4.79 Å². The molecule has 0 radical (unpaired) electrons. The number of nitrogens with zero attached hydrogens (tertiary/aromatic N) is 1. The second-order valence-electron chi connectivity index (χ2n) is 3.21. The minimum atomic E-state index is -0.512. The van der Waals surface area contributed by atoms with Gasteiger partial charge in [0.2, 0.25) is 5.91 Å². The Morgan fingerprint density at radius 2 is 2.29 bits per heavy atom.